The number of para-hydroxylation sites is 2. The number of aryl methyl sites for hydroxylation is 3. The normalized spacial score (nSPS) is 11.0. The zero-order valence-electron chi connectivity index (χ0n) is 17.4. The van der Waals surface area contributed by atoms with E-state index in [0.717, 1.165) is 49.1 Å². The van der Waals surface area contributed by atoms with Crippen LogP contribution < -0.4 is 5.32 Å². The summed E-state index contributed by atoms with van der Waals surface area (Å²) in [4.78, 5) is 17.0. The molecule has 0 atom stereocenters. The molecule has 0 saturated carbocycles. The molecule has 0 fully saturated rings. The van der Waals surface area contributed by atoms with Crippen molar-refractivity contribution in [2.45, 2.75) is 32.2 Å². The summed E-state index contributed by atoms with van der Waals surface area (Å²) in [5.41, 5.74) is 3.97. The molecule has 1 N–H and O–H groups in total. The van der Waals surface area contributed by atoms with E-state index in [4.69, 9.17) is 4.98 Å². The van der Waals surface area contributed by atoms with Gasteiger partial charge < -0.3 is 9.88 Å². The van der Waals surface area contributed by atoms with Crippen LogP contribution in [0.3, 0.4) is 0 Å². The molecule has 1 heterocycles. The van der Waals surface area contributed by atoms with Crippen LogP contribution in [0.1, 0.15) is 34.6 Å². The van der Waals surface area contributed by atoms with Gasteiger partial charge >= 0.3 is 0 Å². The first kappa shape index (κ1) is 20.8. The van der Waals surface area contributed by atoms with Crippen LogP contribution in [0.25, 0.3) is 11.0 Å². The van der Waals surface area contributed by atoms with Crippen molar-refractivity contribution in [3.8, 4) is 0 Å². The number of rotatable bonds is 9. The van der Waals surface area contributed by atoms with E-state index < -0.39 is 0 Å². The highest BCUT2D eigenvalue weighted by atomic mass is 19.1. The van der Waals surface area contributed by atoms with E-state index in [1.54, 1.807) is 0 Å². The predicted molar refractivity (Wildman–Crippen MR) is 122 cm³/mol. The van der Waals surface area contributed by atoms with E-state index in [-0.39, 0.29) is 11.7 Å². The summed E-state index contributed by atoms with van der Waals surface area (Å²) in [7, 11) is 0. The second-order valence-electron chi connectivity index (χ2n) is 7.62. The predicted octanol–water partition coefficient (Wildman–Crippen LogP) is 5.17. The lowest BCUT2D eigenvalue weighted by Crippen LogP contribution is -2.25. The lowest BCUT2D eigenvalue weighted by Gasteiger charge is -2.10. The minimum Gasteiger partial charge on any atom is -0.352 e. The molecule has 158 valence electrons. The smallest absolute Gasteiger partial charge is 0.251 e. The Balaban J connectivity index is 1.36. The zero-order chi connectivity index (χ0) is 21.5. The summed E-state index contributed by atoms with van der Waals surface area (Å²) in [5, 5.41) is 2.91. The zero-order valence-corrected chi connectivity index (χ0v) is 17.4. The van der Waals surface area contributed by atoms with Crippen molar-refractivity contribution in [2.75, 3.05) is 6.54 Å². The molecule has 4 rings (SSSR count). The van der Waals surface area contributed by atoms with Crippen molar-refractivity contribution in [1.82, 2.24) is 14.9 Å². The third kappa shape index (κ3) is 5.37. The van der Waals surface area contributed by atoms with E-state index in [1.165, 1.54) is 29.8 Å². The Morgan fingerprint density at radius 3 is 2.42 bits per heavy atom. The molecule has 0 spiro atoms. The molecule has 31 heavy (non-hydrogen) atoms. The van der Waals surface area contributed by atoms with Crippen LogP contribution in [0, 0.1) is 5.82 Å². The number of hydrogen-bond acceptors (Lipinski definition) is 2. The van der Waals surface area contributed by atoms with Crippen molar-refractivity contribution in [3.63, 3.8) is 0 Å². The number of aromatic nitrogens is 2. The van der Waals surface area contributed by atoms with E-state index in [2.05, 4.69) is 40.2 Å². The minimum atomic E-state index is -0.345. The number of benzene rings is 3. The van der Waals surface area contributed by atoms with Gasteiger partial charge in [-0.05, 0) is 61.2 Å². The van der Waals surface area contributed by atoms with Gasteiger partial charge in [0.1, 0.15) is 11.6 Å². The van der Waals surface area contributed by atoms with Gasteiger partial charge in [0.05, 0.1) is 11.0 Å². The highest BCUT2D eigenvalue weighted by molar-refractivity contribution is 5.94. The molecular weight excluding hydrogens is 389 g/mol. The molecule has 1 aromatic heterocycles. The highest BCUT2D eigenvalue weighted by Crippen LogP contribution is 2.18. The fourth-order valence-corrected chi connectivity index (χ4v) is 3.80. The molecule has 0 bridgehead atoms. The van der Waals surface area contributed by atoms with Gasteiger partial charge in [0.2, 0.25) is 0 Å². The van der Waals surface area contributed by atoms with Crippen LogP contribution in [-0.4, -0.2) is 22.0 Å². The van der Waals surface area contributed by atoms with Gasteiger partial charge in [-0.2, -0.15) is 0 Å². The van der Waals surface area contributed by atoms with Gasteiger partial charge in [-0.1, -0.05) is 42.5 Å². The van der Waals surface area contributed by atoms with Crippen molar-refractivity contribution >= 4 is 16.9 Å². The summed E-state index contributed by atoms with van der Waals surface area (Å²) in [6, 6.07) is 24.3. The first-order valence-electron chi connectivity index (χ1n) is 10.7. The lowest BCUT2D eigenvalue weighted by atomic mass is 10.1. The Bertz CT molecular complexity index is 1140. The van der Waals surface area contributed by atoms with Crippen molar-refractivity contribution < 1.29 is 9.18 Å². The number of carbonyl (C=O) groups excluding carboxylic acids is 1. The largest absolute Gasteiger partial charge is 0.352 e. The second-order valence-corrected chi connectivity index (χ2v) is 7.62. The molecule has 4 nitrogen and oxygen atoms in total. The Kier molecular flexibility index (Phi) is 6.72. The maximum Gasteiger partial charge on any atom is 0.251 e. The topological polar surface area (TPSA) is 46.9 Å². The highest BCUT2D eigenvalue weighted by Gasteiger charge is 2.11. The van der Waals surface area contributed by atoms with E-state index in [0.29, 0.717) is 12.1 Å². The maximum atomic E-state index is 13.0. The molecule has 5 heteroatoms. The van der Waals surface area contributed by atoms with E-state index >= 15 is 0 Å². The van der Waals surface area contributed by atoms with Crippen LogP contribution in [0.15, 0.2) is 78.9 Å². The minimum absolute atomic E-state index is 0.184. The number of nitrogens with one attached hydrogen (secondary N) is 1. The van der Waals surface area contributed by atoms with Crippen LogP contribution >= 0.6 is 0 Å². The third-order valence-electron chi connectivity index (χ3n) is 5.39. The number of nitrogens with zero attached hydrogens (tertiary/aromatic N) is 2. The fraction of sp³-hybridized carbons (Fsp3) is 0.231. The van der Waals surface area contributed by atoms with Crippen molar-refractivity contribution in [3.05, 3.63) is 102 Å². The first-order valence-corrected chi connectivity index (χ1v) is 10.7. The number of carbonyl (C=O) groups is 1. The average molecular weight is 416 g/mol. The van der Waals surface area contributed by atoms with Gasteiger partial charge in [-0.3, -0.25) is 4.79 Å². The van der Waals surface area contributed by atoms with Gasteiger partial charge in [0.25, 0.3) is 5.91 Å². The van der Waals surface area contributed by atoms with Crippen LogP contribution in [0.4, 0.5) is 4.39 Å². The molecule has 1 amide bonds. The summed E-state index contributed by atoms with van der Waals surface area (Å²) >= 11 is 0. The first-order chi connectivity index (χ1) is 15.2. The molecule has 3 aromatic carbocycles. The Hall–Kier alpha value is -3.47. The molecule has 0 aliphatic carbocycles. The third-order valence-corrected chi connectivity index (χ3v) is 5.39. The SMILES string of the molecule is O=C(NCCCc1nc2ccccc2n1CCCc1ccccc1)c1ccc(F)cc1. The number of fused-ring (bicyclic) bond motifs is 1. The van der Waals surface area contributed by atoms with Crippen molar-refractivity contribution in [1.29, 1.82) is 0 Å². The molecule has 4 aromatic rings. The van der Waals surface area contributed by atoms with Gasteiger partial charge in [-0.15, -0.1) is 0 Å². The summed E-state index contributed by atoms with van der Waals surface area (Å²) in [6.45, 7) is 1.45. The van der Waals surface area contributed by atoms with E-state index in [1.807, 2.05) is 24.3 Å². The Labute approximate surface area is 181 Å². The van der Waals surface area contributed by atoms with Gasteiger partial charge in [0.15, 0.2) is 0 Å². The molecule has 0 aliphatic rings. The molecule has 0 unspecified atom stereocenters. The monoisotopic (exact) mass is 415 g/mol. The van der Waals surface area contributed by atoms with Crippen LogP contribution in [-0.2, 0) is 19.4 Å². The second kappa shape index (κ2) is 10.0. The quantitative estimate of drug-likeness (QED) is 0.383. The molecule has 0 saturated heterocycles. The number of imidazole rings is 1. The lowest BCUT2D eigenvalue weighted by molar-refractivity contribution is 0.0953. The number of amides is 1. The summed E-state index contributed by atoms with van der Waals surface area (Å²) in [5.74, 6) is 0.518. The number of hydrogen-bond donors (Lipinski definition) is 1. The van der Waals surface area contributed by atoms with Gasteiger partial charge in [0, 0.05) is 25.1 Å². The van der Waals surface area contributed by atoms with Crippen molar-refractivity contribution in [2.24, 2.45) is 0 Å². The molecule has 0 radical (unpaired) electrons. The van der Waals surface area contributed by atoms with E-state index in [9.17, 15) is 9.18 Å². The Morgan fingerprint density at radius 1 is 0.871 bits per heavy atom. The maximum absolute atomic E-state index is 13.0. The molecular formula is C26H26FN3O. The summed E-state index contributed by atoms with van der Waals surface area (Å²) < 4.78 is 15.3. The van der Waals surface area contributed by atoms with Crippen LogP contribution in [0.5, 0.6) is 0 Å². The standard InChI is InChI=1S/C26H26FN3O/c27-22-16-14-21(15-17-22)26(31)28-18-6-13-25-29-23-11-4-5-12-24(23)30(25)19-7-10-20-8-2-1-3-9-20/h1-5,8-9,11-12,14-17H,6-7,10,13,18-19H2,(H,28,31). The fourth-order valence-electron chi connectivity index (χ4n) is 3.80. The molecule has 0 aliphatic heterocycles. The number of halogens is 1. The Morgan fingerprint density at radius 2 is 1.61 bits per heavy atom. The average Bonchev–Trinajstić information content (AvgIpc) is 3.15. The summed E-state index contributed by atoms with van der Waals surface area (Å²) in [6.07, 6.45) is 3.64. The van der Waals surface area contributed by atoms with Crippen LogP contribution in [0.2, 0.25) is 0 Å². The van der Waals surface area contributed by atoms with Gasteiger partial charge in [-0.25, -0.2) is 9.37 Å².